The normalized spacial score (nSPS) is 18.4. The number of rotatable bonds is 4. The molecule has 1 aliphatic rings. The van der Waals surface area contributed by atoms with E-state index >= 15 is 0 Å². The van der Waals surface area contributed by atoms with Gasteiger partial charge in [0.2, 0.25) is 0 Å². The summed E-state index contributed by atoms with van der Waals surface area (Å²) in [6, 6.07) is 11.3. The van der Waals surface area contributed by atoms with Gasteiger partial charge in [-0.15, -0.1) is 0 Å². The van der Waals surface area contributed by atoms with E-state index in [1.807, 2.05) is 0 Å². The van der Waals surface area contributed by atoms with Gasteiger partial charge in [-0.25, -0.2) is 8.42 Å². The van der Waals surface area contributed by atoms with Crippen LogP contribution in [0.15, 0.2) is 48.5 Å². The molecule has 0 bridgehead atoms. The number of hydrogen-bond donors (Lipinski definition) is 1. The lowest BCUT2D eigenvalue weighted by molar-refractivity contribution is -0.138. The SMILES string of the molecule is O=S(=O)(N1Cc2c(cccc2C(F)(F)F)NC(CCc2ccccc2)C1)C(F)(F)F. The van der Waals surface area contributed by atoms with Crippen LogP contribution in [-0.2, 0) is 29.2 Å². The highest BCUT2D eigenvalue weighted by atomic mass is 32.2. The highest BCUT2D eigenvalue weighted by molar-refractivity contribution is 7.89. The standard InChI is InChI=1S/C19H18F6N2O2S/c20-18(21,22)16-7-4-8-17-15(16)12-27(30(28,29)19(23,24)25)11-14(26-17)10-9-13-5-2-1-3-6-13/h1-8,14,26H,9-12H2. The zero-order valence-electron chi connectivity index (χ0n) is 15.5. The summed E-state index contributed by atoms with van der Waals surface area (Å²) in [5, 5.41) is 2.82. The molecule has 0 aromatic heterocycles. The number of hydrogen-bond acceptors (Lipinski definition) is 3. The highest BCUT2D eigenvalue weighted by Crippen LogP contribution is 2.39. The second-order valence-electron chi connectivity index (χ2n) is 6.94. The van der Waals surface area contributed by atoms with Crippen LogP contribution in [0, 0.1) is 0 Å². The molecule has 1 aliphatic heterocycles. The summed E-state index contributed by atoms with van der Waals surface area (Å²) in [6.45, 7) is -1.64. The van der Waals surface area contributed by atoms with Gasteiger partial charge in [0, 0.05) is 30.4 Å². The smallest absolute Gasteiger partial charge is 0.381 e. The summed E-state index contributed by atoms with van der Waals surface area (Å²) < 4.78 is 104. The van der Waals surface area contributed by atoms with Crippen LogP contribution in [0.5, 0.6) is 0 Å². The number of benzene rings is 2. The Bertz CT molecular complexity index is 990. The fourth-order valence-corrected chi connectivity index (χ4v) is 4.36. The van der Waals surface area contributed by atoms with Gasteiger partial charge in [0.1, 0.15) is 0 Å². The van der Waals surface area contributed by atoms with E-state index in [0.29, 0.717) is 6.42 Å². The average Bonchev–Trinajstić information content (AvgIpc) is 2.85. The van der Waals surface area contributed by atoms with Gasteiger partial charge in [0.05, 0.1) is 5.56 Å². The molecule has 1 heterocycles. The average molecular weight is 452 g/mol. The zero-order chi connectivity index (χ0) is 22.2. The molecule has 0 fully saturated rings. The number of aryl methyl sites for hydroxylation is 1. The molecule has 1 unspecified atom stereocenters. The molecule has 0 aliphatic carbocycles. The third-order valence-corrected chi connectivity index (χ3v) is 6.40. The van der Waals surface area contributed by atoms with Crippen LogP contribution in [-0.4, -0.2) is 30.8 Å². The quantitative estimate of drug-likeness (QED) is 0.680. The van der Waals surface area contributed by atoms with E-state index in [4.69, 9.17) is 0 Å². The van der Waals surface area contributed by atoms with E-state index in [-0.39, 0.29) is 16.4 Å². The van der Waals surface area contributed by atoms with Gasteiger partial charge in [0.25, 0.3) is 0 Å². The number of halogens is 6. The van der Waals surface area contributed by atoms with Gasteiger partial charge in [-0.05, 0) is 30.5 Å². The van der Waals surface area contributed by atoms with Crippen molar-refractivity contribution in [2.24, 2.45) is 0 Å². The Balaban J connectivity index is 1.99. The molecule has 0 radical (unpaired) electrons. The lowest BCUT2D eigenvalue weighted by atomic mass is 10.0. The monoisotopic (exact) mass is 452 g/mol. The van der Waals surface area contributed by atoms with Crippen molar-refractivity contribution in [2.75, 3.05) is 11.9 Å². The summed E-state index contributed by atoms with van der Waals surface area (Å²) >= 11 is 0. The molecule has 2 aromatic carbocycles. The summed E-state index contributed by atoms with van der Waals surface area (Å²) in [5.41, 5.74) is -6.46. The molecular weight excluding hydrogens is 434 g/mol. The molecule has 0 saturated carbocycles. The first-order chi connectivity index (χ1) is 13.9. The van der Waals surface area contributed by atoms with Crippen molar-refractivity contribution in [3.63, 3.8) is 0 Å². The van der Waals surface area contributed by atoms with Gasteiger partial charge >= 0.3 is 21.7 Å². The predicted molar refractivity (Wildman–Crippen MR) is 99.0 cm³/mol. The summed E-state index contributed by atoms with van der Waals surface area (Å²) in [4.78, 5) is 0. The van der Waals surface area contributed by atoms with E-state index in [2.05, 4.69) is 5.32 Å². The maximum Gasteiger partial charge on any atom is 0.511 e. The highest BCUT2D eigenvalue weighted by Gasteiger charge is 2.51. The molecule has 164 valence electrons. The number of nitrogens with zero attached hydrogens (tertiary/aromatic N) is 1. The Morgan fingerprint density at radius 3 is 2.23 bits per heavy atom. The van der Waals surface area contributed by atoms with Crippen molar-refractivity contribution >= 4 is 15.7 Å². The maximum absolute atomic E-state index is 13.4. The third-order valence-electron chi connectivity index (χ3n) is 4.86. The van der Waals surface area contributed by atoms with Gasteiger partial charge in [-0.2, -0.15) is 30.6 Å². The van der Waals surface area contributed by atoms with Crippen molar-refractivity contribution in [1.82, 2.24) is 4.31 Å². The van der Waals surface area contributed by atoms with Gasteiger partial charge in [-0.1, -0.05) is 36.4 Å². The summed E-state index contributed by atoms with van der Waals surface area (Å²) in [7, 11) is -5.82. The van der Waals surface area contributed by atoms with Crippen molar-refractivity contribution in [3.05, 3.63) is 65.2 Å². The zero-order valence-corrected chi connectivity index (χ0v) is 16.3. The minimum atomic E-state index is -5.82. The fraction of sp³-hybridized carbons (Fsp3) is 0.368. The predicted octanol–water partition coefficient (Wildman–Crippen LogP) is 4.78. The Hall–Kier alpha value is -2.27. The summed E-state index contributed by atoms with van der Waals surface area (Å²) in [5.74, 6) is 0. The summed E-state index contributed by atoms with van der Waals surface area (Å²) in [6.07, 6.45) is -4.21. The molecule has 4 nitrogen and oxygen atoms in total. The van der Waals surface area contributed by atoms with Crippen LogP contribution < -0.4 is 5.32 Å². The van der Waals surface area contributed by atoms with Crippen LogP contribution >= 0.6 is 0 Å². The second-order valence-corrected chi connectivity index (χ2v) is 8.87. The molecule has 0 amide bonds. The molecule has 0 saturated heterocycles. The molecule has 3 rings (SSSR count). The molecular formula is C19H18F6N2O2S. The number of alkyl halides is 6. The molecule has 2 aromatic rings. The van der Waals surface area contributed by atoms with E-state index in [1.165, 1.54) is 6.07 Å². The van der Waals surface area contributed by atoms with Crippen LogP contribution in [0.25, 0.3) is 0 Å². The molecule has 11 heteroatoms. The first-order valence-electron chi connectivity index (χ1n) is 8.95. The number of sulfonamides is 1. The van der Waals surface area contributed by atoms with Crippen LogP contribution in [0.2, 0.25) is 0 Å². The Morgan fingerprint density at radius 1 is 0.967 bits per heavy atom. The van der Waals surface area contributed by atoms with E-state index in [9.17, 15) is 34.8 Å². The van der Waals surface area contributed by atoms with E-state index in [1.54, 1.807) is 30.3 Å². The number of nitrogens with one attached hydrogen (secondary N) is 1. The van der Waals surface area contributed by atoms with Gasteiger partial charge in [0.15, 0.2) is 0 Å². The Morgan fingerprint density at radius 2 is 1.63 bits per heavy atom. The molecule has 1 atom stereocenters. The van der Waals surface area contributed by atoms with E-state index < -0.39 is 52.0 Å². The van der Waals surface area contributed by atoms with Crippen molar-refractivity contribution < 1.29 is 34.8 Å². The maximum atomic E-state index is 13.4. The molecule has 0 spiro atoms. The topological polar surface area (TPSA) is 49.4 Å². The van der Waals surface area contributed by atoms with E-state index in [0.717, 1.165) is 17.7 Å². The minimum Gasteiger partial charge on any atom is -0.381 e. The van der Waals surface area contributed by atoms with Gasteiger partial charge in [-0.3, -0.25) is 0 Å². The lowest BCUT2D eigenvalue weighted by Crippen LogP contribution is -2.44. The fourth-order valence-electron chi connectivity index (χ4n) is 3.39. The van der Waals surface area contributed by atoms with Crippen LogP contribution in [0.4, 0.5) is 32.0 Å². The molecule has 1 N–H and O–H groups in total. The number of anilines is 1. The second kappa shape index (κ2) is 8.10. The first-order valence-corrected chi connectivity index (χ1v) is 10.4. The minimum absolute atomic E-state index is 0.0252. The first kappa shape index (κ1) is 22.4. The third kappa shape index (κ3) is 4.72. The Kier molecular flexibility index (Phi) is 6.06. The van der Waals surface area contributed by atoms with Crippen LogP contribution in [0.3, 0.4) is 0 Å². The van der Waals surface area contributed by atoms with Crippen molar-refractivity contribution in [2.45, 2.75) is 37.1 Å². The Labute approximate surface area is 169 Å². The van der Waals surface area contributed by atoms with Crippen molar-refractivity contribution in [3.8, 4) is 0 Å². The largest absolute Gasteiger partial charge is 0.511 e. The van der Waals surface area contributed by atoms with Crippen LogP contribution in [0.1, 0.15) is 23.1 Å². The van der Waals surface area contributed by atoms with Gasteiger partial charge < -0.3 is 5.32 Å². The van der Waals surface area contributed by atoms with Crippen molar-refractivity contribution in [1.29, 1.82) is 0 Å². The lowest BCUT2D eigenvalue weighted by Gasteiger charge is -2.25. The number of fused-ring (bicyclic) bond motifs is 1. The molecule has 30 heavy (non-hydrogen) atoms.